The quantitative estimate of drug-likeness (QED) is 0.511. The Hall–Kier alpha value is -2.46. The average Bonchev–Trinajstić information content (AvgIpc) is 2.78. The first-order valence-electron chi connectivity index (χ1n) is 9.67. The second-order valence-electron chi connectivity index (χ2n) is 7.45. The van der Waals surface area contributed by atoms with Crippen molar-refractivity contribution in [2.24, 2.45) is 0 Å². The summed E-state index contributed by atoms with van der Waals surface area (Å²) in [7, 11) is -0.646. The molecule has 9 heteroatoms. The number of carbonyl (C=O) groups is 1. The highest BCUT2D eigenvalue weighted by atomic mass is 32.2. The van der Waals surface area contributed by atoms with E-state index in [2.05, 4.69) is 0 Å². The number of hydrogen-bond acceptors (Lipinski definition) is 6. The number of amides is 1. The van der Waals surface area contributed by atoms with Gasteiger partial charge in [0.15, 0.2) is 0 Å². The average molecular weight is 434 g/mol. The molecule has 0 aromatic heterocycles. The molecule has 3 rings (SSSR count). The lowest BCUT2D eigenvalue weighted by Gasteiger charge is -2.45. The molecule has 0 saturated carbocycles. The maximum atomic E-state index is 13.8. The van der Waals surface area contributed by atoms with Gasteiger partial charge < -0.3 is 9.64 Å². The van der Waals surface area contributed by atoms with Crippen LogP contribution in [-0.2, 0) is 21.4 Å². The Morgan fingerprint density at radius 1 is 1.13 bits per heavy atom. The fraction of sp³-hybridized carbons (Fsp3) is 0.381. The molecular weight excluding hydrogens is 406 g/mol. The molecule has 1 aliphatic heterocycles. The summed E-state index contributed by atoms with van der Waals surface area (Å²) >= 11 is 0. The second-order valence-corrected chi connectivity index (χ2v) is 9.31. The van der Waals surface area contributed by atoms with Gasteiger partial charge in [-0.3, -0.25) is 10.0 Å². The highest BCUT2D eigenvalue weighted by molar-refractivity contribution is 7.89. The van der Waals surface area contributed by atoms with E-state index in [0.717, 1.165) is 5.56 Å². The molecule has 0 aliphatic carbocycles. The summed E-state index contributed by atoms with van der Waals surface area (Å²) in [5.41, 5.74) is 1.06. The molecule has 1 heterocycles. The van der Waals surface area contributed by atoms with Gasteiger partial charge >= 0.3 is 0 Å². The summed E-state index contributed by atoms with van der Waals surface area (Å²) in [5.74, 6) is -0.186. The SMILES string of the molecule is COc1ccc(S(=O)(=O)N(Cc2ccccc2)C2(C(=O)NO)CCN(C)CC2)cc1. The smallest absolute Gasteiger partial charge is 0.265 e. The first-order chi connectivity index (χ1) is 14.3. The number of carbonyl (C=O) groups excluding carboxylic acids is 1. The zero-order chi connectivity index (χ0) is 21.8. The van der Waals surface area contributed by atoms with Crippen molar-refractivity contribution in [1.82, 2.24) is 14.7 Å². The summed E-state index contributed by atoms with van der Waals surface area (Å²) in [6.07, 6.45) is 0.524. The van der Waals surface area contributed by atoms with Crippen LogP contribution in [-0.4, -0.2) is 61.5 Å². The van der Waals surface area contributed by atoms with Crippen LogP contribution in [0.25, 0.3) is 0 Å². The highest BCUT2D eigenvalue weighted by Crippen LogP contribution is 2.36. The van der Waals surface area contributed by atoms with Crippen molar-refractivity contribution in [3.05, 3.63) is 60.2 Å². The highest BCUT2D eigenvalue weighted by Gasteiger charge is 2.51. The van der Waals surface area contributed by atoms with E-state index in [0.29, 0.717) is 18.8 Å². The number of methoxy groups -OCH3 is 1. The molecule has 1 saturated heterocycles. The molecular formula is C21H27N3O5S. The van der Waals surface area contributed by atoms with Gasteiger partial charge in [-0.1, -0.05) is 30.3 Å². The normalized spacial score (nSPS) is 16.9. The van der Waals surface area contributed by atoms with E-state index in [1.807, 2.05) is 42.3 Å². The molecule has 8 nitrogen and oxygen atoms in total. The number of hydrogen-bond donors (Lipinski definition) is 2. The van der Waals surface area contributed by atoms with E-state index in [-0.39, 0.29) is 24.3 Å². The van der Waals surface area contributed by atoms with Gasteiger partial charge in [-0.15, -0.1) is 0 Å². The number of piperidine rings is 1. The van der Waals surface area contributed by atoms with Crippen LogP contribution in [0.2, 0.25) is 0 Å². The molecule has 0 bridgehead atoms. The summed E-state index contributed by atoms with van der Waals surface area (Å²) in [4.78, 5) is 15.0. The summed E-state index contributed by atoms with van der Waals surface area (Å²) in [6, 6.07) is 15.2. The van der Waals surface area contributed by atoms with Crippen LogP contribution in [0, 0.1) is 0 Å². The Morgan fingerprint density at radius 2 is 1.73 bits per heavy atom. The number of sulfonamides is 1. The minimum atomic E-state index is -4.07. The third kappa shape index (κ3) is 4.34. The van der Waals surface area contributed by atoms with E-state index < -0.39 is 21.5 Å². The Labute approximate surface area is 177 Å². The van der Waals surface area contributed by atoms with Crippen molar-refractivity contribution >= 4 is 15.9 Å². The Morgan fingerprint density at radius 3 is 2.27 bits per heavy atom. The molecule has 2 aromatic carbocycles. The minimum absolute atomic E-state index is 0.00629. The molecule has 0 atom stereocenters. The topological polar surface area (TPSA) is 99.2 Å². The summed E-state index contributed by atoms with van der Waals surface area (Å²) in [6.45, 7) is 1.06. The standard InChI is InChI=1S/C21H27N3O5S/c1-23-14-12-21(13-15-23,20(25)22-26)24(16-17-6-4-3-5-7-17)30(27,28)19-10-8-18(29-2)9-11-19/h3-11,26H,12-16H2,1-2H3,(H,22,25). The van der Waals surface area contributed by atoms with E-state index in [1.54, 1.807) is 17.6 Å². The van der Waals surface area contributed by atoms with Gasteiger partial charge in [0.25, 0.3) is 5.91 Å². The molecule has 2 N–H and O–H groups in total. The van der Waals surface area contributed by atoms with Gasteiger partial charge in [0.2, 0.25) is 10.0 Å². The third-order valence-electron chi connectivity index (χ3n) is 5.63. The molecule has 30 heavy (non-hydrogen) atoms. The minimum Gasteiger partial charge on any atom is -0.497 e. The number of ether oxygens (including phenoxy) is 1. The van der Waals surface area contributed by atoms with Crippen molar-refractivity contribution in [3.8, 4) is 5.75 Å². The van der Waals surface area contributed by atoms with Crippen LogP contribution >= 0.6 is 0 Å². The number of rotatable bonds is 7. The Kier molecular flexibility index (Phi) is 6.77. The Balaban J connectivity index is 2.11. The van der Waals surface area contributed by atoms with Crippen molar-refractivity contribution < 1.29 is 23.2 Å². The fourth-order valence-electron chi connectivity index (χ4n) is 3.77. The fourth-order valence-corrected chi connectivity index (χ4v) is 5.55. The van der Waals surface area contributed by atoms with Gasteiger partial charge in [-0.2, -0.15) is 4.31 Å². The first kappa shape index (κ1) is 22.2. The van der Waals surface area contributed by atoms with Crippen LogP contribution < -0.4 is 10.2 Å². The number of nitrogens with one attached hydrogen (secondary N) is 1. The molecule has 1 fully saturated rings. The number of benzene rings is 2. The predicted molar refractivity (Wildman–Crippen MR) is 112 cm³/mol. The maximum absolute atomic E-state index is 13.8. The molecule has 1 aliphatic rings. The predicted octanol–water partition coefficient (Wildman–Crippen LogP) is 1.86. The van der Waals surface area contributed by atoms with Crippen LogP contribution in [0.15, 0.2) is 59.5 Å². The second kappa shape index (κ2) is 9.13. The van der Waals surface area contributed by atoms with Crippen molar-refractivity contribution in [1.29, 1.82) is 0 Å². The van der Waals surface area contributed by atoms with Crippen LogP contribution in [0.3, 0.4) is 0 Å². The first-order valence-corrected chi connectivity index (χ1v) is 11.1. The summed E-state index contributed by atoms with van der Waals surface area (Å²) in [5, 5.41) is 9.49. The summed E-state index contributed by atoms with van der Waals surface area (Å²) < 4.78 is 33.9. The molecule has 0 spiro atoms. The van der Waals surface area contributed by atoms with Crippen LogP contribution in [0.4, 0.5) is 0 Å². The van der Waals surface area contributed by atoms with E-state index in [9.17, 15) is 18.4 Å². The van der Waals surface area contributed by atoms with E-state index in [4.69, 9.17) is 4.74 Å². The molecule has 162 valence electrons. The van der Waals surface area contributed by atoms with E-state index >= 15 is 0 Å². The number of nitrogens with zero attached hydrogens (tertiary/aromatic N) is 2. The molecule has 0 unspecified atom stereocenters. The van der Waals surface area contributed by atoms with Crippen molar-refractivity contribution in [2.75, 3.05) is 27.2 Å². The van der Waals surface area contributed by atoms with Crippen molar-refractivity contribution in [3.63, 3.8) is 0 Å². The molecule has 0 radical (unpaired) electrons. The molecule has 1 amide bonds. The monoisotopic (exact) mass is 433 g/mol. The lowest BCUT2D eigenvalue weighted by molar-refractivity contribution is -0.142. The lowest BCUT2D eigenvalue weighted by atomic mass is 9.86. The maximum Gasteiger partial charge on any atom is 0.265 e. The van der Waals surface area contributed by atoms with Gasteiger partial charge in [0.05, 0.1) is 12.0 Å². The zero-order valence-corrected chi connectivity index (χ0v) is 17.9. The van der Waals surface area contributed by atoms with Gasteiger partial charge in [-0.25, -0.2) is 13.9 Å². The number of hydroxylamine groups is 1. The lowest BCUT2D eigenvalue weighted by Crippen LogP contribution is -2.63. The third-order valence-corrected chi connectivity index (χ3v) is 7.56. The van der Waals surface area contributed by atoms with Crippen LogP contribution in [0.1, 0.15) is 18.4 Å². The van der Waals surface area contributed by atoms with Crippen molar-refractivity contribution in [2.45, 2.75) is 29.8 Å². The van der Waals surface area contributed by atoms with Crippen LogP contribution in [0.5, 0.6) is 5.75 Å². The Bertz CT molecular complexity index is 956. The van der Waals surface area contributed by atoms with E-state index in [1.165, 1.54) is 23.5 Å². The van der Waals surface area contributed by atoms with Gasteiger partial charge in [0.1, 0.15) is 11.3 Å². The largest absolute Gasteiger partial charge is 0.497 e. The van der Waals surface area contributed by atoms with Gasteiger partial charge in [0, 0.05) is 19.6 Å². The van der Waals surface area contributed by atoms with Gasteiger partial charge in [-0.05, 0) is 49.7 Å². The molecule has 2 aromatic rings. The zero-order valence-electron chi connectivity index (χ0n) is 17.1. The number of likely N-dealkylation sites (tertiary alicyclic amines) is 1.